The molecule has 0 saturated heterocycles. The molecule has 0 atom stereocenters. The number of pyridine rings is 1. The van der Waals surface area contributed by atoms with E-state index in [1.807, 2.05) is 36.4 Å². The number of hydrogen-bond acceptors (Lipinski definition) is 5. The zero-order chi connectivity index (χ0) is 12.7. The third kappa shape index (κ3) is 1.67. The number of aromatic nitrogens is 3. The Kier molecular flexibility index (Phi) is 2.11. The van der Waals surface area contributed by atoms with Gasteiger partial charge >= 0.3 is 0 Å². The van der Waals surface area contributed by atoms with E-state index in [1.165, 1.54) is 0 Å². The molecule has 0 spiro atoms. The van der Waals surface area contributed by atoms with Crippen molar-refractivity contribution in [2.24, 2.45) is 0 Å². The van der Waals surface area contributed by atoms with Gasteiger partial charge in [0.05, 0.1) is 5.52 Å². The summed E-state index contributed by atoms with van der Waals surface area (Å²) in [7, 11) is 0. The lowest BCUT2D eigenvalue weighted by molar-refractivity contribution is 0.117. The van der Waals surface area contributed by atoms with Gasteiger partial charge in [0.25, 0.3) is 0 Å². The highest BCUT2D eigenvalue weighted by Crippen LogP contribution is 2.28. The van der Waals surface area contributed by atoms with Crippen molar-refractivity contribution >= 4 is 11.0 Å². The van der Waals surface area contributed by atoms with E-state index in [-0.39, 0.29) is 6.79 Å². The van der Waals surface area contributed by atoms with E-state index in [0.29, 0.717) is 23.1 Å². The summed E-state index contributed by atoms with van der Waals surface area (Å²) in [4.78, 5) is 13.3. The molecule has 3 heterocycles. The van der Waals surface area contributed by atoms with Crippen molar-refractivity contribution in [2.75, 3.05) is 6.79 Å². The minimum Gasteiger partial charge on any atom is -0.440 e. The molecule has 4 rings (SSSR count). The Hall–Kier alpha value is -2.69. The molecule has 5 nitrogen and oxygen atoms in total. The summed E-state index contributed by atoms with van der Waals surface area (Å²) >= 11 is 0. The maximum absolute atomic E-state index is 5.47. The van der Waals surface area contributed by atoms with Crippen LogP contribution in [0.5, 0.6) is 11.8 Å². The van der Waals surface area contributed by atoms with Crippen LogP contribution in [0.15, 0.2) is 42.5 Å². The molecule has 0 unspecified atom stereocenters. The molecule has 0 amide bonds. The molecule has 0 radical (unpaired) electrons. The van der Waals surface area contributed by atoms with Gasteiger partial charge in [-0.15, -0.1) is 0 Å². The van der Waals surface area contributed by atoms with E-state index in [4.69, 9.17) is 9.47 Å². The predicted octanol–water partition coefficient (Wildman–Crippen LogP) is 2.42. The third-order valence-electron chi connectivity index (χ3n) is 2.92. The van der Waals surface area contributed by atoms with Crippen LogP contribution in [-0.2, 0) is 0 Å². The quantitative estimate of drug-likeness (QED) is 0.664. The Balaban J connectivity index is 1.98. The van der Waals surface area contributed by atoms with Gasteiger partial charge in [-0.05, 0) is 6.07 Å². The van der Waals surface area contributed by atoms with Gasteiger partial charge in [-0.2, -0.15) is 4.98 Å². The minimum absolute atomic E-state index is 0.112. The molecular formula is C14H9N3O2. The highest BCUT2D eigenvalue weighted by Gasteiger charge is 2.15. The maximum Gasteiger partial charge on any atom is 0.247 e. The lowest BCUT2D eigenvalue weighted by atomic mass is 10.2. The van der Waals surface area contributed by atoms with Crippen LogP contribution in [0.1, 0.15) is 0 Å². The van der Waals surface area contributed by atoms with Gasteiger partial charge in [0.15, 0.2) is 11.3 Å². The van der Waals surface area contributed by atoms with Gasteiger partial charge in [-0.25, -0.2) is 9.97 Å². The van der Waals surface area contributed by atoms with Crippen LogP contribution in [0, 0.1) is 0 Å². The van der Waals surface area contributed by atoms with Gasteiger partial charge in [0, 0.05) is 11.6 Å². The molecule has 5 heteroatoms. The Bertz CT molecular complexity index is 759. The minimum atomic E-state index is 0.112. The summed E-state index contributed by atoms with van der Waals surface area (Å²) in [5.41, 5.74) is 2.33. The first kappa shape index (κ1) is 10.3. The normalized spacial score (nSPS) is 12.8. The SMILES string of the molecule is c1ccc(-c2nc3c4nc(ccc4n2)OCO3)cc1. The molecule has 3 aromatic rings. The first-order chi connectivity index (χ1) is 9.40. The molecule has 19 heavy (non-hydrogen) atoms. The van der Waals surface area contributed by atoms with Crippen molar-refractivity contribution in [1.82, 2.24) is 15.0 Å². The van der Waals surface area contributed by atoms with Crippen molar-refractivity contribution in [3.63, 3.8) is 0 Å². The second-order valence-electron chi connectivity index (χ2n) is 4.14. The van der Waals surface area contributed by atoms with Crippen molar-refractivity contribution < 1.29 is 9.47 Å². The van der Waals surface area contributed by atoms with Gasteiger partial charge < -0.3 is 9.47 Å². The summed E-state index contributed by atoms with van der Waals surface area (Å²) in [6.45, 7) is 0.112. The molecule has 2 aromatic heterocycles. The van der Waals surface area contributed by atoms with E-state index >= 15 is 0 Å². The van der Waals surface area contributed by atoms with E-state index in [1.54, 1.807) is 6.07 Å². The summed E-state index contributed by atoms with van der Waals surface area (Å²) in [5, 5.41) is 0. The van der Waals surface area contributed by atoms with Crippen molar-refractivity contribution in [1.29, 1.82) is 0 Å². The van der Waals surface area contributed by atoms with Crippen LogP contribution < -0.4 is 9.47 Å². The fourth-order valence-corrected chi connectivity index (χ4v) is 2.01. The van der Waals surface area contributed by atoms with Crippen molar-refractivity contribution in [3.8, 4) is 23.1 Å². The van der Waals surface area contributed by atoms with Gasteiger partial charge in [0.1, 0.15) is 0 Å². The zero-order valence-corrected chi connectivity index (χ0v) is 9.91. The molecule has 1 aliphatic rings. The average molecular weight is 251 g/mol. The fraction of sp³-hybridized carbons (Fsp3) is 0.0714. The monoisotopic (exact) mass is 251 g/mol. The number of ether oxygens (including phenoxy) is 2. The molecule has 0 N–H and O–H groups in total. The molecule has 0 aliphatic carbocycles. The number of benzene rings is 1. The first-order valence-electron chi connectivity index (χ1n) is 5.90. The second kappa shape index (κ2) is 3.91. The number of hydrogen-bond donors (Lipinski definition) is 0. The third-order valence-corrected chi connectivity index (χ3v) is 2.92. The smallest absolute Gasteiger partial charge is 0.247 e. The maximum atomic E-state index is 5.47. The van der Waals surface area contributed by atoms with Crippen LogP contribution in [0.4, 0.5) is 0 Å². The molecule has 0 fully saturated rings. The van der Waals surface area contributed by atoms with Crippen LogP contribution in [-0.4, -0.2) is 21.7 Å². The standard InChI is InChI=1S/C14H9N3O2/c1-2-4-9(5-3-1)13-15-10-6-7-11-16-12(10)14(17-13)19-8-18-11/h1-7H,8H2. The highest BCUT2D eigenvalue weighted by molar-refractivity contribution is 5.82. The van der Waals surface area contributed by atoms with Crippen LogP contribution in [0.3, 0.4) is 0 Å². The summed E-state index contributed by atoms with van der Waals surface area (Å²) in [5.74, 6) is 1.62. The summed E-state index contributed by atoms with van der Waals surface area (Å²) < 4.78 is 10.8. The van der Waals surface area contributed by atoms with E-state index < -0.39 is 0 Å². The van der Waals surface area contributed by atoms with Crippen molar-refractivity contribution in [3.05, 3.63) is 42.5 Å². The number of fused-ring (bicyclic) bond motifs is 1. The van der Waals surface area contributed by atoms with E-state index in [2.05, 4.69) is 15.0 Å². The molecule has 0 saturated carbocycles. The van der Waals surface area contributed by atoms with Crippen LogP contribution in [0.25, 0.3) is 22.4 Å². The van der Waals surface area contributed by atoms with E-state index in [0.717, 1.165) is 11.1 Å². The first-order valence-corrected chi connectivity index (χ1v) is 5.90. The number of nitrogens with zero attached hydrogens (tertiary/aromatic N) is 3. The topological polar surface area (TPSA) is 57.1 Å². The van der Waals surface area contributed by atoms with Gasteiger partial charge in [-0.3, -0.25) is 0 Å². The highest BCUT2D eigenvalue weighted by atomic mass is 16.7. The Morgan fingerprint density at radius 3 is 2.63 bits per heavy atom. The van der Waals surface area contributed by atoms with E-state index in [9.17, 15) is 0 Å². The molecule has 92 valence electrons. The number of rotatable bonds is 1. The second-order valence-corrected chi connectivity index (χ2v) is 4.14. The summed E-state index contributed by atoms with van der Waals surface area (Å²) in [6, 6.07) is 13.4. The average Bonchev–Trinajstić information content (AvgIpc) is 2.66. The molecular weight excluding hydrogens is 242 g/mol. The Morgan fingerprint density at radius 2 is 1.74 bits per heavy atom. The predicted molar refractivity (Wildman–Crippen MR) is 68.9 cm³/mol. The van der Waals surface area contributed by atoms with Crippen molar-refractivity contribution in [2.45, 2.75) is 0 Å². The largest absolute Gasteiger partial charge is 0.440 e. The molecule has 2 bridgehead atoms. The Labute approximate surface area is 108 Å². The molecule has 1 aromatic carbocycles. The lowest BCUT2D eigenvalue weighted by Gasteiger charge is -2.05. The van der Waals surface area contributed by atoms with Gasteiger partial charge in [-0.1, -0.05) is 30.3 Å². The fourth-order valence-electron chi connectivity index (χ4n) is 2.01. The molecule has 1 aliphatic heterocycles. The lowest BCUT2D eigenvalue weighted by Crippen LogP contribution is -2.04. The zero-order valence-electron chi connectivity index (χ0n) is 9.91. The Morgan fingerprint density at radius 1 is 0.842 bits per heavy atom. The van der Waals surface area contributed by atoms with Crippen LogP contribution in [0.2, 0.25) is 0 Å². The summed E-state index contributed by atoms with van der Waals surface area (Å²) in [6.07, 6.45) is 0. The van der Waals surface area contributed by atoms with Gasteiger partial charge in [0.2, 0.25) is 18.6 Å². The van der Waals surface area contributed by atoms with Crippen LogP contribution >= 0.6 is 0 Å².